The van der Waals surface area contributed by atoms with E-state index in [-0.39, 0.29) is 7.43 Å². The van der Waals surface area contributed by atoms with Crippen LogP contribution in [0.5, 0.6) is 0 Å². The van der Waals surface area contributed by atoms with Crippen LogP contribution in [0.15, 0.2) is 4.99 Å². The average Bonchev–Trinajstić information content (AvgIpc) is 2.33. The highest BCUT2D eigenvalue weighted by Crippen LogP contribution is 1.94. The van der Waals surface area contributed by atoms with Gasteiger partial charge in [0, 0.05) is 19.6 Å². The van der Waals surface area contributed by atoms with Crippen molar-refractivity contribution in [1.29, 1.82) is 0 Å². The van der Waals surface area contributed by atoms with E-state index in [2.05, 4.69) is 4.99 Å². The van der Waals surface area contributed by atoms with Crippen molar-refractivity contribution in [2.75, 3.05) is 53.6 Å². The van der Waals surface area contributed by atoms with Gasteiger partial charge in [-0.15, -0.1) is 0 Å². The molecule has 0 bridgehead atoms. The number of hydrogen-bond donors (Lipinski definition) is 0. The number of carbonyl (C=O) groups excluding carboxylic acids is 1. The Bertz CT molecular complexity index is 251. The van der Waals surface area contributed by atoms with Gasteiger partial charge in [0.05, 0.1) is 26.2 Å². The standard InChI is InChI=1S/C11H21N3O3.CH4/c1-13(2)4-3-7-17-11(15)12-10-14-5-8-16-9-6-14;/h10H,3-9H2,1-2H3;1H4/b12-10-;. The van der Waals surface area contributed by atoms with E-state index in [0.717, 1.165) is 26.1 Å². The van der Waals surface area contributed by atoms with Crippen molar-refractivity contribution in [2.45, 2.75) is 13.8 Å². The fourth-order valence-corrected chi connectivity index (χ4v) is 1.40. The Balaban J connectivity index is 0.00000289. The second kappa shape index (κ2) is 9.85. The summed E-state index contributed by atoms with van der Waals surface area (Å²) in [5.41, 5.74) is 0. The van der Waals surface area contributed by atoms with Crippen LogP contribution >= 0.6 is 0 Å². The minimum Gasteiger partial charge on any atom is -0.448 e. The first-order valence-corrected chi connectivity index (χ1v) is 5.86. The molecule has 1 saturated heterocycles. The van der Waals surface area contributed by atoms with Crippen molar-refractivity contribution in [3.8, 4) is 0 Å². The quantitative estimate of drug-likeness (QED) is 0.420. The van der Waals surface area contributed by atoms with Gasteiger partial charge in [0.1, 0.15) is 0 Å². The maximum absolute atomic E-state index is 11.2. The average molecular weight is 259 g/mol. The van der Waals surface area contributed by atoms with Gasteiger partial charge in [-0.25, -0.2) is 4.79 Å². The summed E-state index contributed by atoms with van der Waals surface area (Å²) in [7, 11) is 3.97. The summed E-state index contributed by atoms with van der Waals surface area (Å²) in [6.45, 7) is 4.24. The van der Waals surface area contributed by atoms with Gasteiger partial charge < -0.3 is 19.3 Å². The molecule has 6 nitrogen and oxygen atoms in total. The summed E-state index contributed by atoms with van der Waals surface area (Å²) in [6.07, 6.45) is 1.85. The maximum atomic E-state index is 11.2. The number of nitrogens with zero attached hydrogens (tertiary/aromatic N) is 3. The van der Waals surface area contributed by atoms with E-state index in [0.29, 0.717) is 19.8 Å². The summed E-state index contributed by atoms with van der Waals surface area (Å²) in [5.74, 6) is 0. The zero-order valence-corrected chi connectivity index (χ0v) is 10.6. The maximum Gasteiger partial charge on any atom is 0.434 e. The fraction of sp³-hybridized carbons (Fsp3) is 0.833. The summed E-state index contributed by atoms with van der Waals surface area (Å²) >= 11 is 0. The first kappa shape index (κ1) is 16.9. The number of rotatable bonds is 5. The number of hydrogen-bond acceptors (Lipinski definition) is 4. The smallest absolute Gasteiger partial charge is 0.434 e. The van der Waals surface area contributed by atoms with Crippen LogP contribution in [0.25, 0.3) is 0 Å². The third-order valence-corrected chi connectivity index (χ3v) is 2.35. The molecule has 1 aliphatic rings. The lowest BCUT2D eigenvalue weighted by atomic mass is 10.4. The zero-order chi connectivity index (χ0) is 12.5. The molecule has 1 rings (SSSR count). The van der Waals surface area contributed by atoms with Crippen LogP contribution in [0.2, 0.25) is 0 Å². The summed E-state index contributed by atoms with van der Waals surface area (Å²) in [5, 5.41) is 0. The highest BCUT2D eigenvalue weighted by atomic mass is 16.5. The number of ether oxygens (including phenoxy) is 2. The molecule has 106 valence electrons. The number of morpholine rings is 1. The molecule has 0 radical (unpaired) electrons. The van der Waals surface area contributed by atoms with Crippen molar-refractivity contribution in [1.82, 2.24) is 9.80 Å². The monoisotopic (exact) mass is 259 g/mol. The van der Waals surface area contributed by atoms with Gasteiger partial charge >= 0.3 is 6.09 Å². The number of aliphatic imine (C=N–C) groups is 1. The third kappa shape index (κ3) is 8.03. The molecule has 0 aromatic rings. The predicted molar refractivity (Wildman–Crippen MR) is 72.1 cm³/mol. The van der Waals surface area contributed by atoms with Gasteiger partial charge in [-0.3, -0.25) is 0 Å². The Hall–Kier alpha value is -1.14. The van der Waals surface area contributed by atoms with Gasteiger partial charge in [0.2, 0.25) is 0 Å². The second-order valence-electron chi connectivity index (χ2n) is 4.16. The van der Waals surface area contributed by atoms with E-state index in [1.54, 1.807) is 0 Å². The molecule has 1 aliphatic heterocycles. The minimum atomic E-state index is -0.518. The third-order valence-electron chi connectivity index (χ3n) is 2.35. The van der Waals surface area contributed by atoms with Crippen LogP contribution < -0.4 is 0 Å². The number of carbonyl (C=O) groups is 1. The highest BCUT2D eigenvalue weighted by molar-refractivity contribution is 5.78. The van der Waals surface area contributed by atoms with Crippen LogP contribution in [0, 0.1) is 0 Å². The normalized spacial score (nSPS) is 15.8. The van der Waals surface area contributed by atoms with E-state index in [1.165, 1.54) is 6.34 Å². The molecule has 1 amide bonds. The Morgan fingerprint density at radius 2 is 2.11 bits per heavy atom. The van der Waals surface area contributed by atoms with Crippen molar-refractivity contribution >= 4 is 12.4 Å². The van der Waals surface area contributed by atoms with Crippen LogP contribution in [0.3, 0.4) is 0 Å². The first-order chi connectivity index (χ1) is 8.18. The largest absolute Gasteiger partial charge is 0.448 e. The molecule has 6 heteroatoms. The second-order valence-corrected chi connectivity index (χ2v) is 4.16. The van der Waals surface area contributed by atoms with E-state index >= 15 is 0 Å². The summed E-state index contributed by atoms with van der Waals surface area (Å²) < 4.78 is 10.1. The molecule has 0 aliphatic carbocycles. The molecule has 18 heavy (non-hydrogen) atoms. The number of amides is 1. The topological polar surface area (TPSA) is 54.4 Å². The van der Waals surface area contributed by atoms with Crippen molar-refractivity contribution < 1.29 is 14.3 Å². The lowest BCUT2D eigenvalue weighted by molar-refractivity contribution is 0.0698. The lowest BCUT2D eigenvalue weighted by Gasteiger charge is -2.23. The van der Waals surface area contributed by atoms with Gasteiger partial charge in [-0.05, 0) is 20.5 Å². The SMILES string of the molecule is C.CN(C)CCCOC(=O)/N=C\N1CCOCC1. The fourth-order valence-electron chi connectivity index (χ4n) is 1.40. The molecule has 0 N–H and O–H groups in total. The van der Waals surface area contributed by atoms with E-state index in [9.17, 15) is 4.79 Å². The van der Waals surface area contributed by atoms with Crippen molar-refractivity contribution in [2.24, 2.45) is 4.99 Å². The molecular weight excluding hydrogens is 234 g/mol. The zero-order valence-electron chi connectivity index (χ0n) is 10.6. The molecule has 0 aromatic heterocycles. The van der Waals surface area contributed by atoms with Gasteiger partial charge in [-0.1, -0.05) is 7.43 Å². The molecule has 0 aromatic carbocycles. The van der Waals surface area contributed by atoms with E-state index in [4.69, 9.17) is 9.47 Å². The van der Waals surface area contributed by atoms with Crippen LogP contribution in [0.1, 0.15) is 13.8 Å². The molecule has 0 spiro atoms. The van der Waals surface area contributed by atoms with Crippen LogP contribution in [-0.2, 0) is 9.47 Å². The molecular formula is C12H25N3O3. The Morgan fingerprint density at radius 1 is 1.44 bits per heavy atom. The molecule has 1 heterocycles. The Morgan fingerprint density at radius 3 is 2.72 bits per heavy atom. The van der Waals surface area contributed by atoms with Crippen LogP contribution in [-0.4, -0.2) is 75.8 Å². The lowest BCUT2D eigenvalue weighted by Crippen LogP contribution is -2.35. The van der Waals surface area contributed by atoms with Gasteiger partial charge in [-0.2, -0.15) is 4.99 Å². The molecule has 0 saturated carbocycles. The predicted octanol–water partition coefficient (Wildman–Crippen LogP) is 1.07. The van der Waals surface area contributed by atoms with Gasteiger partial charge in [0.15, 0.2) is 0 Å². The molecule has 1 fully saturated rings. The Kier molecular flexibility index (Phi) is 9.22. The Labute approximate surface area is 110 Å². The van der Waals surface area contributed by atoms with E-state index < -0.39 is 6.09 Å². The minimum absolute atomic E-state index is 0. The molecule has 0 atom stereocenters. The first-order valence-electron chi connectivity index (χ1n) is 5.86. The summed E-state index contributed by atoms with van der Waals surface area (Å²) in [6, 6.07) is 0. The molecule has 0 unspecified atom stereocenters. The van der Waals surface area contributed by atoms with Crippen molar-refractivity contribution in [3.63, 3.8) is 0 Å². The van der Waals surface area contributed by atoms with Gasteiger partial charge in [0.25, 0.3) is 0 Å². The summed E-state index contributed by atoms with van der Waals surface area (Å²) in [4.78, 5) is 19.0. The van der Waals surface area contributed by atoms with Crippen molar-refractivity contribution in [3.05, 3.63) is 0 Å². The highest BCUT2D eigenvalue weighted by Gasteiger charge is 2.07. The van der Waals surface area contributed by atoms with E-state index in [1.807, 2.05) is 23.9 Å². The van der Waals surface area contributed by atoms with Crippen LogP contribution in [0.4, 0.5) is 4.79 Å².